The Hall–Kier alpha value is -0.160. The molecule has 1 atom stereocenters. The first kappa shape index (κ1) is 11.9. The highest BCUT2D eigenvalue weighted by atomic mass is 16.7. The Bertz CT molecular complexity index is 137. The lowest BCUT2D eigenvalue weighted by Crippen LogP contribution is -2.37. The molecule has 1 aliphatic heterocycles. The fourth-order valence-corrected chi connectivity index (χ4v) is 1.54. The second kappa shape index (κ2) is 7.17. The maximum Gasteiger partial charge on any atom is 0.159 e. The zero-order chi connectivity index (χ0) is 10.2. The second-order valence-corrected chi connectivity index (χ2v) is 3.51. The molecule has 0 amide bonds. The van der Waals surface area contributed by atoms with Crippen LogP contribution in [0.25, 0.3) is 0 Å². The van der Waals surface area contributed by atoms with E-state index in [0.717, 1.165) is 32.6 Å². The molecule has 14 heavy (non-hydrogen) atoms. The number of rotatable bonds is 7. The van der Waals surface area contributed by atoms with Crippen molar-refractivity contribution in [2.24, 2.45) is 0 Å². The zero-order valence-electron chi connectivity index (χ0n) is 9.12. The van der Waals surface area contributed by atoms with Gasteiger partial charge in [0, 0.05) is 19.6 Å². The molecule has 0 aromatic rings. The minimum absolute atomic E-state index is 0.0421. The molecule has 1 saturated heterocycles. The van der Waals surface area contributed by atoms with Crippen LogP contribution in [0.5, 0.6) is 0 Å². The van der Waals surface area contributed by atoms with E-state index < -0.39 is 0 Å². The molecule has 4 nitrogen and oxygen atoms in total. The summed E-state index contributed by atoms with van der Waals surface area (Å²) in [6.07, 6.45) is 1.96. The molecule has 0 spiro atoms. The second-order valence-electron chi connectivity index (χ2n) is 3.51. The highest BCUT2D eigenvalue weighted by Crippen LogP contribution is 2.10. The quantitative estimate of drug-likeness (QED) is 0.663. The topological polar surface area (TPSA) is 39.7 Å². The van der Waals surface area contributed by atoms with Crippen molar-refractivity contribution in [3.63, 3.8) is 0 Å². The van der Waals surface area contributed by atoms with Crippen LogP contribution in [0.2, 0.25) is 0 Å². The predicted octanol–water partition coefficient (Wildman–Crippen LogP) is 0.764. The molecule has 1 aliphatic rings. The first-order chi connectivity index (χ1) is 6.86. The minimum atomic E-state index is -0.0421. The predicted molar refractivity (Wildman–Crippen MR) is 54.3 cm³/mol. The third-order valence-electron chi connectivity index (χ3n) is 2.22. The molecule has 1 heterocycles. The van der Waals surface area contributed by atoms with Crippen LogP contribution in [0.15, 0.2) is 0 Å². The average molecular weight is 203 g/mol. The molecule has 1 fully saturated rings. The van der Waals surface area contributed by atoms with Crippen molar-refractivity contribution in [2.45, 2.75) is 32.1 Å². The minimum Gasteiger partial charge on any atom is -0.383 e. The fraction of sp³-hybridized carbons (Fsp3) is 1.00. The van der Waals surface area contributed by atoms with Crippen LogP contribution >= 0.6 is 0 Å². The van der Waals surface area contributed by atoms with Crippen LogP contribution in [-0.2, 0) is 14.2 Å². The van der Waals surface area contributed by atoms with Gasteiger partial charge in [0.05, 0.1) is 19.8 Å². The van der Waals surface area contributed by atoms with Gasteiger partial charge in [-0.3, -0.25) is 0 Å². The average Bonchev–Trinajstić information content (AvgIpc) is 2.67. The van der Waals surface area contributed by atoms with Crippen LogP contribution in [0.1, 0.15) is 19.8 Å². The Morgan fingerprint density at radius 2 is 2.14 bits per heavy atom. The van der Waals surface area contributed by atoms with Gasteiger partial charge in [0.15, 0.2) is 6.29 Å². The summed E-state index contributed by atoms with van der Waals surface area (Å²) in [5.74, 6) is 0. The van der Waals surface area contributed by atoms with Gasteiger partial charge >= 0.3 is 0 Å². The van der Waals surface area contributed by atoms with Crippen LogP contribution in [-0.4, -0.2) is 45.8 Å². The van der Waals surface area contributed by atoms with E-state index in [-0.39, 0.29) is 6.29 Å². The van der Waals surface area contributed by atoms with E-state index in [2.05, 4.69) is 12.2 Å². The van der Waals surface area contributed by atoms with Crippen molar-refractivity contribution in [3.8, 4) is 0 Å². The van der Waals surface area contributed by atoms with Gasteiger partial charge in [-0.05, 0) is 13.0 Å². The van der Waals surface area contributed by atoms with E-state index in [1.807, 2.05) is 0 Å². The first-order valence-corrected chi connectivity index (χ1v) is 5.32. The molecule has 84 valence electrons. The molecule has 4 heteroatoms. The smallest absolute Gasteiger partial charge is 0.159 e. The Balaban J connectivity index is 2.18. The molecule has 1 N–H and O–H groups in total. The Kier molecular flexibility index (Phi) is 6.10. The van der Waals surface area contributed by atoms with Gasteiger partial charge in [0.1, 0.15) is 0 Å². The van der Waals surface area contributed by atoms with Gasteiger partial charge in [-0.1, -0.05) is 6.92 Å². The van der Waals surface area contributed by atoms with Gasteiger partial charge in [-0.25, -0.2) is 0 Å². The summed E-state index contributed by atoms with van der Waals surface area (Å²) in [6.45, 7) is 5.32. The summed E-state index contributed by atoms with van der Waals surface area (Å²) in [5, 5.41) is 3.41. The number of ether oxygens (including phenoxy) is 3. The maximum absolute atomic E-state index is 5.39. The normalized spacial score (nSPS) is 20.1. The van der Waals surface area contributed by atoms with E-state index in [4.69, 9.17) is 14.2 Å². The largest absolute Gasteiger partial charge is 0.383 e. The zero-order valence-corrected chi connectivity index (χ0v) is 9.12. The van der Waals surface area contributed by atoms with E-state index >= 15 is 0 Å². The van der Waals surface area contributed by atoms with Gasteiger partial charge in [-0.15, -0.1) is 0 Å². The van der Waals surface area contributed by atoms with Crippen molar-refractivity contribution < 1.29 is 14.2 Å². The molecule has 0 saturated carbocycles. The monoisotopic (exact) mass is 203 g/mol. The van der Waals surface area contributed by atoms with Crippen molar-refractivity contribution in [1.29, 1.82) is 0 Å². The molecule has 1 unspecified atom stereocenters. The number of hydrogen-bond donors (Lipinski definition) is 1. The number of methoxy groups -OCH3 is 1. The molecule has 0 bridgehead atoms. The Morgan fingerprint density at radius 1 is 1.43 bits per heavy atom. The van der Waals surface area contributed by atoms with Crippen LogP contribution < -0.4 is 5.32 Å². The van der Waals surface area contributed by atoms with Crippen molar-refractivity contribution in [1.82, 2.24) is 5.32 Å². The molecule has 0 aliphatic carbocycles. The first-order valence-electron chi connectivity index (χ1n) is 5.32. The molecule has 0 aromatic carbocycles. The molecule has 1 rings (SSSR count). The van der Waals surface area contributed by atoms with E-state index in [1.54, 1.807) is 7.11 Å². The van der Waals surface area contributed by atoms with Crippen molar-refractivity contribution >= 4 is 0 Å². The van der Waals surface area contributed by atoms with Crippen LogP contribution in [0, 0.1) is 0 Å². The third kappa shape index (κ3) is 4.37. The number of nitrogens with one attached hydrogen (secondary N) is 1. The maximum atomic E-state index is 5.39. The SMILES string of the molecule is CCCNC(COC)CC1OCCO1. The lowest BCUT2D eigenvalue weighted by molar-refractivity contribution is -0.0570. The van der Waals surface area contributed by atoms with E-state index in [0.29, 0.717) is 12.6 Å². The van der Waals surface area contributed by atoms with E-state index in [9.17, 15) is 0 Å². The summed E-state index contributed by atoms with van der Waals surface area (Å²) in [5.41, 5.74) is 0. The van der Waals surface area contributed by atoms with Gasteiger partial charge in [0.2, 0.25) is 0 Å². The molecule has 0 aromatic heterocycles. The standard InChI is InChI=1S/C10H21NO3/c1-3-4-11-9(8-12-2)7-10-13-5-6-14-10/h9-11H,3-8H2,1-2H3. The van der Waals surface area contributed by atoms with Gasteiger partial charge in [-0.2, -0.15) is 0 Å². The summed E-state index contributed by atoms with van der Waals surface area (Å²) >= 11 is 0. The van der Waals surface area contributed by atoms with Gasteiger partial charge < -0.3 is 19.5 Å². The molecule has 0 radical (unpaired) electrons. The fourth-order valence-electron chi connectivity index (χ4n) is 1.54. The summed E-state index contributed by atoms with van der Waals surface area (Å²) in [7, 11) is 1.72. The highest BCUT2D eigenvalue weighted by Gasteiger charge is 2.20. The summed E-state index contributed by atoms with van der Waals surface area (Å²) in [4.78, 5) is 0. The lowest BCUT2D eigenvalue weighted by Gasteiger charge is -2.20. The third-order valence-corrected chi connectivity index (χ3v) is 2.22. The van der Waals surface area contributed by atoms with Gasteiger partial charge in [0.25, 0.3) is 0 Å². The summed E-state index contributed by atoms with van der Waals surface area (Å²) in [6, 6.07) is 0.336. The van der Waals surface area contributed by atoms with Crippen molar-refractivity contribution in [3.05, 3.63) is 0 Å². The van der Waals surface area contributed by atoms with E-state index in [1.165, 1.54) is 0 Å². The lowest BCUT2D eigenvalue weighted by atomic mass is 10.2. The Morgan fingerprint density at radius 3 is 2.71 bits per heavy atom. The van der Waals surface area contributed by atoms with Crippen LogP contribution in [0.3, 0.4) is 0 Å². The Labute approximate surface area is 85.9 Å². The highest BCUT2D eigenvalue weighted by molar-refractivity contribution is 4.69. The van der Waals surface area contributed by atoms with Crippen LogP contribution in [0.4, 0.5) is 0 Å². The van der Waals surface area contributed by atoms with Crippen molar-refractivity contribution in [2.75, 3.05) is 33.5 Å². The molecular weight excluding hydrogens is 182 g/mol. The molecular formula is C10H21NO3. The summed E-state index contributed by atoms with van der Waals surface area (Å²) < 4.78 is 15.9. The number of hydrogen-bond acceptors (Lipinski definition) is 4.